The topological polar surface area (TPSA) is 29.5 Å². The van der Waals surface area contributed by atoms with Crippen molar-refractivity contribution < 1.29 is 18.6 Å². The minimum absolute atomic E-state index is 0.0542. The zero-order valence-corrected chi connectivity index (χ0v) is 11.3. The Kier molecular flexibility index (Phi) is 4.13. The lowest BCUT2D eigenvalue weighted by molar-refractivity contribution is 0.280. The lowest BCUT2D eigenvalue weighted by atomic mass is 10.2. The summed E-state index contributed by atoms with van der Waals surface area (Å²) in [6.07, 6.45) is 0. The number of aliphatic hydroxyl groups excluding tert-OH is 1. The molecule has 0 unspecified atom stereocenters. The van der Waals surface area contributed by atoms with Crippen molar-refractivity contribution in [2.45, 2.75) is 6.61 Å². The molecule has 2 rings (SSSR count). The maximum Gasteiger partial charge on any atom is 0.168 e. The van der Waals surface area contributed by atoms with Crippen molar-refractivity contribution >= 4 is 22.6 Å². The van der Waals surface area contributed by atoms with Gasteiger partial charge in [0.15, 0.2) is 11.6 Å². The van der Waals surface area contributed by atoms with Gasteiger partial charge >= 0.3 is 0 Å². The Labute approximate surface area is 116 Å². The van der Waals surface area contributed by atoms with E-state index >= 15 is 0 Å². The van der Waals surface area contributed by atoms with Crippen LogP contribution in [0.5, 0.6) is 11.5 Å². The summed E-state index contributed by atoms with van der Waals surface area (Å²) in [5, 5.41) is 9.12. The number of ether oxygens (including phenoxy) is 1. The lowest BCUT2D eigenvalue weighted by Crippen LogP contribution is -1.93. The molecule has 0 aliphatic rings. The van der Waals surface area contributed by atoms with Gasteiger partial charge in [0.2, 0.25) is 0 Å². The molecule has 18 heavy (non-hydrogen) atoms. The van der Waals surface area contributed by atoms with E-state index in [0.717, 1.165) is 15.7 Å². The molecule has 0 bridgehead atoms. The van der Waals surface area contributed by atoms with Crippen LogP contribution in [0.1, 0.15) is 5.56 Å². The van der Waals surface area contributed by atoms with E-state index in [1.54, 1.807) is 18.2 Å². The van der Waals surface area contributed by atoms with E-state index in [4.69, 9.17) is 9.84 Å². The van der Waals surface area contributed by atoms with Gasteiger partial charge in [-0.1, -0.05) is 0 Å². The fraction of sp³-hybridized carbons (Fsp3) is 0.0769. The molecule has 0 saturated heterocycles. The Morgan fingerprint density at radius 2 is 1.89 bits per heavy atom. The van der Waals surface area contributed by atoms with Crippen LogP contribution in [-0.2, 0) is 6.61 Å². The van der Waals surface area contributed by atoms with Crippen molar-refractivity contribution in [2.24, 2.45) is 0 Å². The largest absolute Gasteiger partial charge is 0.454 e. The molecule has 2 nitrogen and oxygen atoms in total. The van der Waals surface area contributed by atoms with Crippen molar-refractivity contribution in [3.8, 4) is 11.5 Å². The molecule has 2 aromatic carbocycles. The maximum absolute atomic E-state index is 13.4. The zero-order chi connectivity index (χ0) is 13.1. The predicted molar refractivity (Wildman–Crippen MR) is 71.5 cm³/mol. The Bertz CT molecular complexity index is 573. The lowest BCUT2D eigenvalue weighted by Gasteiger charge is -2.09. The molecular weight excluding hydrogens is 353 g/mol. The minimum Gasteiger partial charge on any atom is -0.454 e. The van der Waals surface area contributed by atoms with Gasteiger partial charge in [-0.2, -0.15) is 0 Å². The summed E-state index contributed by atoms with van der Waals surface area (Å²) in [4.78, 5) is 0. The highest BCUT2D eigenvalue weighted by atomic mass is 127. The normalized spacial score (nSPS) is 10.4. The monoisotopic (exact) mass is 362 g/mol. The summed E-state index contributed by atoms with van der Waals surface area (Å²) in [5.74, 6) is -1.08. The molecule has 0 amide bonds. The average Bonchev–Trinajstić information content (AvgIpc) is 2.35. The molecule has 1 N–H and O–H groups in total. The highest BCUT2D eigenvalue weighted by molar-refractivity contribution is 14.1. The molecule has 0 aromatic heterocycles. The Balaban J connectivity index is 2.28. The quantitative estimate of drug-likeness (QED) is 0.841. The van der Waals surface area contributed by atoms with E-state index in [9.17, 15) is 8.78 Å². The van der Waals surface area contributed by atoms with Gasteiger partial charge in [0.05, 0.1) is 6.61 Å². The highest BCUT2D eigenvalue weighted by Gasteiger charge is 2.07. The zero-order valence-electron chi connectivity index (χ0n) is 9.16. The van der Waals surface area contributed by atoms with Gasteiger partial charge in [0.25, 0.3) is 0 Å². The summed E-state index contributed by atoms with van der Waals surface area (Å²) in [6, 6.07) is 8.13. The SMILES string of the molecule is OCc1cc(Oc2ccc(F)cc2F)ccc1I. The molecule has 5 heteroatoms. The molecule has 0 aliphatic carbocycles. The summed E-state index contributed by atoms with van der Waals surface area (Å²) < 4.78 is 32.3. The van der Waals surface area contributed by atoms with Crippen molar-refractivity contribution in [2.75, 3.05) is 0 Å². The first kappa shape index (κ1) is 13.2. The van der Waals surface area contributed by atoms with Gasteiger partial charge in [-0.25, -0.2) is 8.78 Å². The van der Waals surface area contributed by atoms with E-state index < -0.39 is 11.6 Å². The van der Waals surface area contributed by atoms with Crippen LogP contribution < -0.4 is 4.74 Å². The third-order valence-electron chi connectivity index (χ3n) is 2.31. The van der Waals surface area contributed by atoms with Crippen LogP contribution in [0.3, 0.4) is 0 Å². The first-order valence-electron chi connectivity index (χ1n) is 5.12. The molecule has 2 aromatic rings. The predicted octanol–water partition coefficient (Wildman–Crippen LogP) is 3.85. The maximum atomic E-state index is 13.4. The fourth-order valence-corrected chi connectivity index (χ4v) is 1.93. The number of aliphatic hydroxyl groups is 1. The molecule has 0 radical (unpaired) electrons. The first-order chi connectivity index (χ1) is 8.60. The molecule has 0 aliphatic heterocycles. The van der Waals surface area contributed by atoms with Gasteiger partial charge in [0, 0.05) is 9.64 Å². The summed E-state index contributed by atoms with van der Waals surface area (Å²) in [7, 11) is 0. The van der Waals surface area contributed by atoms with Crippen LogP contribution >= 0.6 is 22.6 Å². The van der Waals surface area contributed by atoms with Crippen molar-refractivity contribution in [3.63, 3.8) is 0 Å². The summed E-state index contributed by atoms with van der Waals surface area (Å²) >= 11 is 2.08. The van der Waals surface area contributed by atoms with Crippen LogP contribution in [0.15, 0.2) is 36.4 Å². The minimum atomic E-state index is -0.765. The van der Waals surface area contributed by atoms with E-state index in [1.165, 1.54) is 6.07 Å². The van der Waals surface area contributed by atoms with Gasteiger partial charge in [0.1, 0.15) is 11.6 Å². The van der Waals surface area contributed by atoms with Crippen LogP contribution in [0, 0.1) is 15.2 Å². The smallest absolute Gasteiger partial charge is 0.168 e. The first-order valence-corrected chi connectivity index (χ1v) is 6.20. The number of hydrogen-bond acceptors (Lipinski definition) is 2. The summed E-state index contributed by atoms with van der Waals surface area (Å²) in [6.45, 7) is -0.124. The third-order valence-corrected chi connectivity index (χ3v) is 3.36. The van der Waals surface area contributed by atoms with Crippen LogP contribution in [-0.4, -0.2) is 5.11 Å². The van der Waals surface area contributed by atoms with Gasteiger partial charge in [-0.05, 0) is 58.5 Å². The van der Waals surface area contributed by atoms with E-state index in [2.05, 4.69) is 22.6 Å². The second kappa shape index (κ2) is 5.62. The van der Waals surface area contributed by atoms with Crippen LogP contribution in [0.4, 0.5) is 8.78 Å². The van der Waals surface area contributed by atoms with E-state index in [0.29, 0.717) is 11.3 Å². The van der Waals surface area contributed by atoms with Crippen molar-refractivity contribution in [1.82, 2.24) is 0 Å². The van der Waals surface area contributed by atoms with Gasteiger partial charge in [-0.3, -0.25) is 0 Å². The third kappa shape index (κ3) is 2.97. The molecule has 94 valence electrons. The molecular formula is C13H9F2IO2. The molecule has 0 heterocycles. The van der Waals surface area contributed by atoms with Crippen molar-refractivity contribution in [1.29, 1.82) is 0 Å². The van der Waals surface area contributed by atoms with Gasteiger partial charge in [-0.15, -0.1) is 0 Å². The molecule has 0 fully saturated rings. The number of halogens is 3. The highest BCUT2D eigenvalue weighted by Crippen LogP contribution is 2.27. The molecule has 0 spiro atoms. The average molecular weight is 362 g/mol. The number of hydrogen-bond donors (Lipinski definition) is 1. The molecule has 0 atom stereocenters. The van der Waals surface area contributed by atoms with Crippen LogP contribution in [0.25, 0.3) is 0 Å². The molecule has 0 saturated carbocycles. The Hall–Kier alpha value is -1.21. The van der Waals surface area contributed by atoms with Gasteiger partial charge < -0.3 is 9.84 Å². The van der Waals surface area contributed by atoms with E-state index in [1.807, 2.05) is 0 Å². The fourth-order valence-electron chi connectivity index (χ4n) is 1.42. The number of benzene rings is 2. The van der Waals surface area contributed by atoms with Crippen LogP contribution in [0.2, 0.25) is 0 Å². The summed E-state index contributed by atoms with van der Waals surface area (Å²) in [5.41, 5.74) is 0.690. The van der Waals surface area contributed by atoms with E-state index in [-0.39, 0.29) is 12.4 Å². The van der Waals surface area contributed by atoms with Crippen molar-refractivity contribution in [3.05, 3.63) is 57.2 Å². The Morgan fingerprint density at radius 1 is 1.11 bits per heavy atom. The Morgan fingerprint density at radius 3 is 2.56 bits per heavy atom. The standard InChI is InChI=1S/C13H9F2IO2/c14-9-1-4-13(11(15)6-9)18-10-2-3-12(16)8(5-10)7-17/h1-6,17H,7H2. The second-order valence-corrected chi connectivity index (χ2v) is 4.75. The second-order valence-electron chi connectivity index (χ2n) is 3.59. The number of rotatable bonds is 3.